The fourth-order valence-corrected chi connectivity index (χ4v) is 2.01. The molecule has 0 bridgehead atoms. The van der Waals surface area contributed by atoms with Gasteiger partial charge in [0.25, 0.3) is 0 Å². The number of hydrogen-bond acceptors (Lipinski definition) is 8. The van der Waals surface area contributed by atoms with Gasteiger partial charge >= 0.3 is 6.16 Å². The van der Waals surface area contributed by atoms with E-state index in [0.29, 0.717) is 0 Å². The standard InChI is InChI=1S/C14H18O8/c15-6-9-10(16)11(17)12(18)13(21-9)22-14(19)20-7-8-4-2-1-3-5-8/h1-5,9-13,15-18H,6-7H2. The Hall–Kier alpha value is -1.71. The van der Waals surface area contributed by atoms with E-state index in [1.165, 1.54) is 0 Å². The molecule has 122 valence electrons. The second kappa shape index (κ2) is 7.52. The van der Waals surface area contributed by atoms with E-state index in [1.807, 2.05) is 6.07 Å². The van der Waals surface area contributed by atoms with Crippen LogP contribution in [0.25, 0.3) is 0 Å². The van der Waals surface area contributed by atoms with Crippen LogP contribution in [-0.2, 0) is 20.8 Å². The Kier molecular flexibility index (Phi) is 5.69. The fraction of sp³-hybridized carbons (Fsp3) is 0.500. The van der Waals surface area contributed by atoms with Crippen molar-refractivity contribution in [1.82, 2.24) is 0 Å². The van der Waals surface area contributed by atoms with Crippen LogP contribution in [0.2, 0.25) is 0 Å². The van der Waals surface area contributed by atoms with Crippen LogP contribution in [0.1, 0.15) is 5.56 Å². The highest BCUT2D eigenvalue weighted by atomic mass is 16.8. The summed E-state index contributed by atoms with van der Waals surface area (Å²) < 4.78 is 14.6. The first-order chi connectivity index (χ1) is 10.5. The summed E-state index contributed by atoms with van der Waals surface area (Å²) in [6, 6.07) is 8.88. The summed E-state index contributed by atoms with van der Waals surface area (Å²) in [6.07, 6.45) is -8.57. The van der Waals surface area contributed by atoms with Crippen molar-refractivity contribution in [2.75, 3.05) is 6.61 Å². The Balaban J connectivity index is 1.87. The van der Waals surface area contributed by atoms with Crippen molar-refractivity contribution >= 4 is 6.16 Å². The van der Waals surface area contributed by atoms with Crippen molar-refractivity contribution in [3.63, 3.8) is 0 Å². The zero-order valence-electron chi connectivity index (χ0n) is 11.6. The van der Waals surface area contributed by atoms with Crippen molar-refractivity contribution in [3.8, 4) is 0 Å². The van der Waals surface area contributed by atoms with Crippen LogP contribution in [0, 0.1) is 0 Å². The molecule has 1 fully saturated rings. The van der Waals surface area contributed by atoms with Crippen LogP contribution < -0.4 is 0 Å². The number of aliphatic hydroxyl groups excluding tert-OH is 4. The van der Waals surface area contributed by atoms with Crippen molar-refractivity contribution < 1.29 is 39.4 Å². The Morgan fingerprint density at radius 3 is 2.41 bits per heavy atom. The van der Waals surface area contributed by atoms with E-state index < -0.39 is 43.5 Å². The van der Waals surface area contributed by atoms with Gasteiger partial charge in [-0.1, -0.05) is 30.3 Å². The molecule has 8 nitrogen and oxygen atoms in total. The highest BCUT2D eigenvalue weighted by Gasteiger charge is 2.45. The van der Waals surface area contributed by atoms with Crippen LogP contribution in [0.3, 0.4) is 0 Å². The number of carbonyl (C=O) groups is 1. The summed E-state index contributed by atoms with van der Waals surface area (Å²) in [5, 5.41) is 37.9. The Morgan fingerprint density at radius 1 is 1.09 bits per heavy atom. The molecular formula is C14H18O8. The molecule has 0 spiro atoms. The van der Waals surface area contributed by atoms with Crippen molar-refractivity contribution in [1.29, 1.82) is 0 Å². The predicted octanol–water partition coefficient (Wildman–Crippen LogP) is -0.860. The van der Waals surface area contributed by atoms with Gasteiger partial charge in [0.1, 0.15) is 31.0 Å². The van der Waals surface area contributed by atoms with Gasteiger partial charge < -0.3 is 34.6 Å². The normalized spacial score (nSPS) is 31.5. The summed E-state index contributed by atoms with van der Waals surface area (Å²) in [5.41, 5.74) is 0.744. The SMILES string of the molecule is O=C(OCc1ccccc1)OC1OC(CO)C(O)C(O)C1O. The van der Waals surface area contributed by atoms with Crippen molar-refractivity contribution in [2.24, 2.45) is 0 Å². The Morgan fingerprint density at radius 2 is 1.77 bits per heavy atom. The lowest BCUT2D eigenvalue weighted by Crippen LogP contribution is -2.59. The second-order valence-corrected chi connectivity index (χ2v) is 4.84. The van der Waals surface area contributed by atoms with E-state index in [0.717, 1.165) is 5.56 Å². The molecule has 4 N–H and O–H groups in total. The number of benzene rings is 1. The number of hydrogen-bond donors (Lipinski definition) is 4. The lowest BCUT2D eigenvalue weighted by Gasteiger charge is -2.38. The smallest absolute Gasteiger partial charge is 0.429 e. The van der Waals surface area contributed by atoms with E-state index in [2.05, 4.69) is 0 Å². The van der Waals surface area contributed by atoms with Gasteiger partial charge in [-0.25, -0.2) is 4.79 Å². The molecule has 0 aromatic heterocycles. The molecule has 0 aliphatic carbocycles. The first-order valence-electron chi connectivity index (χ1n) is 6.70. The third-order valence-electron chi connectivity index (χ3n) is 3.26. The number of carbonyl (C=O) groups excluding carboxylic acids is 1. The average Bonchev–Trinajstić information content (AvgIpc) is 2.54. The summed E-state index contributed by atoms with van der Waals surface area (Å²) in [5.74, 6) is 0. The summed E-state index contributed by atoms with van der Waals surface area (Å²) in [7, 11) is 0. The summed E-state index contributed by atoms with van der Waals surface area (Å²) in [4.78, 5) is 11.6. The molecule has 1 heterocycles. The molecule has 0 saturated carbocycles. The fourth-order valence-electron chi connectivity index (χ4n) is 2.01. The molecule has 1 aromatic rings. The van der Waals surface area contributed by atoms with Crippen LogP contribution in [-0.4, -0.2) is 63.9 Å². The zero-order chi connectivity index (χ0) is 16.1. The highest BCUT2D eigenvalue weighted by Crippen LogP contribution is 2.22. The van der Waals surface area contributed by atoms with Gasteiger partial charge in [0.2, 0.25) is 6.29 Å². The largest absolute Gasteiger partial charge is 0.511 e. The van der Waals surface area contributed by atoms with Crippen molar-refractivity contribution in [2.45, 2.75) is 37.3 Å². The molecule has 5 atom stereocenters. The van der Waals surface area contributed by atoms with Crippen molar-refractivity contribution in [3.05, 3.63) is 35.9 Å². The van der Waals surface area contributed by atoms with Gasteiger partial charge in [0, 0.05) is 0 Å². The monoisotopic (exact) mass is 314 g/mol. The van der Waals surface area contributed by atoms with Crippen LogP contribution in [0.4, 0.5) is 4.79 Å². The third-order valence-corrected chi connectivity index (χ3v) is 3.26. The zero-order valence-corrected chi connectivity index (χ0v) is 11.6. The minimum Gasteiger partial charge on any atom is -0.429 e. The molecular weight excluding hydrogens is 296 g/mol. The predicted molar refractivity (Wildman–Crippen MR) is 71.5 cm³/mol. The minimum absolute atomic E-state index is 0.0307. The maximum Gasteiger partial charge on any atom is 0.511 e. The van der Waals surface area contributed by atoms with E-state index in [1.54, 1.807) is 24.3 Å². The lowest BCUT2D eigenvalue weighted by molar-refractivity contribution is -0.288. The minimum atomic E-state index is -1.65. The quantitative estimate of drug-likeness (QED) is 0.529. The van der Waals surface area contributed by atoms with E-state index in [-0.39, 0.29) is 6.61 Å². The maximum atomic E-state index is 11.6. The van der Waals surface area contributed by atoms with Gasteiger partial charge in [-0.2, -0.15) is 0 Å². The molecule has 1 aromatic carbocycles. The molecule has 0 radical (unpaired) electrons. The van der Waals surface area contributed by atoms with Crippen LogP contribution in [0.5, 0.6) is 0 Å². The van der Waals surface area contributed by atoms with E-state index in [9.17, 15) is 20.1 Å². The van der Waals surface area contributed by atoms with E-state index >= 15 is 0 Å². The molecule has 2 rings (SSSR count). The molecule has 1 aliphatic rings. The van der Waals surface area contributed by atoms with Gasteiger partial charge in [0.05, 0.1) is 6.61 Å². The summed E-state index contributed by atoms with van der Waals surface area (Å²) in [6.45, 7) is -0.638. The van der Waals surface area contributed by atoms with E-state index in [4.69, 9.17) is 19.3 Å². The van der Waals surface area contributed by atoms with Crippen LogP contribution in [0.15, 0.2) is 30.3 Å². The van der Waals surface area contributed by atoms with Gasteiger partial charge in [-0.15, -0.1) is 0 Å². The third kappa shape index (κ3) is 3.93. The van der Waals surface area contributed by atoms with Gasteiger partial charge in [-0.05, 0) is 5.56 Å². The topological polar surface area (TPSA) is 126 Å². The lowest BCUT2D eigenvalue weighted by atomic mass is 9.99. The van der Waals surface area contributed by atoms with Crippen LogP contribution >= 0.6 is 0 Å². The highest BCUT2D eigenvalue weighted by molar-refractivity contribution is 5.60. The first-order valence-corrected chi connectivity index (χ1v) is 6.70. The number of aliphatic hydroxyl groups is 4. The Bertz CT molecular complexity index is 477. The summed E-state index contributed by atoms with van der Waals surface area (Å²) >= 11 is 0. The molecule has 1 saturated heterocycles. The van der Waals surface area contributed by atoms with Gasteiger partial charge in [-0.3, -0.25) is 0 Å². The molecule has 5 unspecified atom stereocenters. The molecule has 22 heavy (non-hydrogen) atoms. The molecule has 8 heteroatoms. The van der Waals surface area contributed by atoms with Gasteiger partial charge in [0.15, 0.2) is 0 Å². The average molecular weight is 314 g/mol. The maximum absolute atomic E-state index is 11.6. The molecule has 0 amide bonds. The number of rotatable bonds is 4. The first kappa shape index (κ1) is 16.7. The molecule has 1 aliphatic heterocycles. The number of ether oxygens (including phenoxy) is 3. The second-order valence-electron chi connectivity index (χ2n) is 4.84. The Labute approximate surface area is 126 Å².